The Morgan fingerprint density at radius 3 is 1.77 bits per heavy atom. The fourth-order valence-electron chi connectivity index (χ4n) is 2.90. The minimum Gasteiger partial charge on any atom is -0.0619 e. The zero-order chi connectivity index (χ0) is 15.1. The summed E-state index contributed by atoms with van der Waals surface area (Å²) in [6.45, 7) is 0. The van der Waals surface area contributed by atoms with E-state index in [0.717, 1.165) is 6.42 Å². The van der Waals surface area contributed by atoms with Crippen LogP contribution >= 0.6 is 45.2 Å². The molecule has 0 fully saturated rings. The van der Waals surface area contributed by atoms with Gasteiger partial charge in [-0.1, -0.05) is 18.2 Å². The highest BCUT2D eigenvalue weighted by Crippen LogP contribution is 2.41. The molecule has 0 amide bonds. The summed E-state index contributed by atoms with van der Waals surface area (Å²) < 4.78 is 2.64. The van der Waals surface area contributed by atoms with E-state index in [2.05, 4.69) is 112 Å². The molecule has 0 atom stereocenters. The van der Waals surface area contributed by atoms with Crippen LogP contribution < -0.4 is 0 Å². The van der Waals surface area contributed by atoms with Crippen molar-refractivity contribution in [1.29, 1.82) is 0 Å². The van der Waals surface area contributed by atoms with Crippen LogP contribution in [0.25, 0.3) is 0 Å². The summed E-state index contributed by atoms with van der Waals surface area (Å²) >= 11 is 4.83. The van der Waals surface area contributed by atoms with Crippen LogP contribution in [0.3, 0.4) is 0 Å². The first kappa shape index (κ1) is 15.0. The lowest BCUT2D eigenvalue weighted by molar-refractivity contribution is 1.03. The molecule has 0 aromatic heterocycles. The lowest BCUT2D eigenvalue weighted by atomic mass is 10.0. The Balaban J connectivity index is 1.97. The summed E-state index contributed by atoms with van der Waals surface area (Å²) in [4.78, 5) is 4.38. The average molecular weight is 527 g/mol. The van der Waals surface area contributed by atoms with Gasteiger partial charge < -0.3 is 0 Å². The summed E-state index contributed by atoms with van der Waals surface area (Å²) in [6, 6.07) is 24.7. The van der Waals surface area contributed by atoms with Gasteiger partial charge >= 0.3 is 0 Å². The molecule has 0 nitrogen and oxygen atoms in total. The Morgan fingerprint density at radius 1 is 0.682 bits per heavy atom. The van der Waals surface area contributed by atoms with Gasteiger partial charge in [0.05, 0.1) is 10.9 Å². The van der Waals surface area contributed by atoms with Gasteiger partial charge in [0, 0.05) is 24.7 Å². The van der Waals surface area contributed by atoms with Crippen molar-refractivity contribution < 1.29 is 0 Å². The van der Waals surface area contributed by atoms with Gasteiger partial charge in [-0.05, 0) is 93.7 Å². The first-order chi connectivity index (χ1) is 10.7. The first-order valence-electron chi connectivity index (χ1n) is 7.08. The SMILES string of the molecule is Ic1ccc2c(c1)Cc1cc(I)ccc1[S+]2c1ccccc1. The molecule has 108 valence electrons. The van der Waals surface area contributed by atoms with Crippen molar-refractivity contribution in [3.8, 4) is 0 Å². The summed E-state index contributed by atoms with van der Waals surface area (Å²) in [5.74, 6) is 0. The molecule has 0 saturated carbocycles. The largest absolute Gasteiger partial charge is 0.170 e. The fourth-order valence-corrected chi connectivity index (χ4v) is 6.39. The molecule has 0 saturated heterocycles. The van der Waals surface area contributed by atoms with Crippen molar-refractivity contribution in [2.45, 2.75) is 21.1 Å². The van der Waals surface area contributed by atoms with Crippen molar-refractivity contribution in [3.63, 3.8) is 0 Å². The number of hydrogen-bond acceptors (Lipinski definition) is 0. The second-order valence-electron chi connectivity index (χ2n) is 5.30. The van der Waals surface area contributed by atoms with Crippen LogP contribution in [0.1, 0.15) is 11.1 Å². The van der Waals surface area contributed by atoms with E-state index < -0.39 is 0 Å². The highest BCUT2D eigenvalue weighted by atomic mass is 127. The molecule has 1 aliphatic heterocycles. The zero-order valence-electron chi connectivity index (χ0n) is 11.7. The van der Waals surface area contributed by atoms with E-state index in [0.29, 0.717) is 0 Å². The molecule has 0 unspecified atom stereocenters. The van der Waals surface area contributed by atoms with Gasteiger partial charge in [0.2, 0.25) is 0 Å². The maximum absolute atomic E-state index is 2.42. The first-order valence-corrected chi connectivity index (χ1v) is 10.5. The van der Waals surface area contributed by atoms with Crippen molar-refractivity contribution in [2.75, 3.05) is 0 Å². The van der Waals surface area contributed by atoms with Gasteiger partial charge in [0.1, 0.15) is 0 Å². The molecule has 1 aliphatic rings. The summed E-state index contributed by atoms with van der Waals surface area (Å²) in [7, 11) is 0.0189. The number of benzene rings is 3. The van der Waals surface area contributed by atoms with Crippen LogP contribution in [0.15, 0.2) is 81.4 Å². The highest BCUT2D eigenvalue weighted by Gasteiger charge is 2.37. The molecule has 3 aromatic rings. The number of rotatable bonds is 1. The van der Waals surface area contributed by atoms with Gasteiger partial charge in [-0.25, -0.2) is 0 Å². The molecule has 0 spiro atoms. The van der Waals surface area contributed by atoms with Crippen LogP contribution in [-0.4, -0.2) is 0 Å². The third-order valence-electron chi connectivity index (χ3n) is 3.84. The average Bonchev–Trinajstić information content (AvgIpc) is 2.53. The van der Waals surface area contributed by atoms with E-state index in [-0.39, 0.29) is 10.9 Å². The molecule has 0 radical (unpaired) electrons. The van der Waals surface area contributed by atoms with E-state index in [1.165, 1.54) is 33.0 Å². The van der Waals surface area contributed by atoms with Gasteiger partial charge in [0.15, 0.2) is 14.7 Å². The third kappa shape index (κ3) is 2.71. The van der Waals surface area contributed by atoms with Crippen LogP contribution in [0, 0.1) is 7.14 Å². The van der Waals surface area contributed by atoms with Gasteiger partial charge in [0.25, 0.3) is 0 Å². The topological polar surface area (TPSA) is 0 Å². The molecule has 3 heteroatoms. The van der Waals surface area contributed by atoms with Crippen LogP contribution in [0.5, 0.6) is 0 Å². The Morgan fingerprint density at radius 2 is 1.23 bits per heavy atom. The Bertz CT molecular complexity index is 792. The maximum Gasteiger partial charge on any atom is 0.170 e. The molecule has 0 N–H and O–H groups in total. The second kappa shape index (κ2) is 6.17. The summed E-state index contributed by atoms with van der Waals surface area (Å²) in [6.07, 6.45) is 1.05. The van der Waals surface area contributed by atoms with Crippen molar-refractivity contribution in [2.24, 2.45) is 0 Å². The molecular formula is C19H13I2S+. The maximum atomic E-state index is 2.42. The minimum atomic E-state index is 0.0189. The van der Waals surface area contributed by atoms with Crippen molar-refractivity contribution >= 4 is 56.1 Å². The predicted molar refractivity (Wildman–Crippen MR) is 110 cm³/mol. The minimum absolute atomic E-state index is 0.0189. The Labute approximate surface area is 161 Å². The lowest BCUT2D eigenvalue weighted by Crippen LogP contribution is -2.16. The summed E-state index contributed by atoms with van der Waals surface area (Å²) in [5, 5.41) is 0. The fraction of sp³-hybridized carbons (Fsp3) is 0.0526. The molecule has 4 rings (SSSR count). The van der Waals surface area contributed by atoms with Crippen molar-refractivity contribution in [1.82, 2.24) is 0 Å². The number of halogens is 2. The van der Waals surface area contributed by atoms with Gasteiger partial charge in [-0.3, -0.25) is 0 Å². The quantitative estimate of drug-likeness (QED) is 0.214. The normalized spacial score (nSPS) is 13.5. The van der Waals surface area contributed by atoms with Crippen LogP contribution in [-0.2, 0) is 17.3 Å². The third-order valence-corrected chi connectivity index (χ3v) is 7.61. The van der Waals surface area contributed by atoms with E-state index in [4.69, 9.17) is 0 Å². The monoisotopic (exact) mass is 527 g/mol. The van der Waals surface area contributed by atoms with E-state index >= 15 is 0 Å². The smallest absolute Gasteiger partial charge is 0.0619 e. The van der Waals surface area contributed by atoms with Gasteiger partial charge in [-0.2, -0.15) is 0 Å². The second-order valence-corrected chi connectivity index (χ2v) is 9.75. The predicted octanol–water partition coefficient (Wildman–Crippen LogP) is 5.90. The van der Waals surface area contributed by atoms with E-state index in [1.807, 2.05) is 0 Å². The molecule has 3 aromatic carbocycles. The molecular weight excluding hydrogens is 514 g/mol. The zero-order valence-corrected chi connectivity index (χ0v) is 16.9. The van der Waals surface area contributed by atoms with Crippen LogP contribution in [0.4, 0.5) is 0 Å². The molecule has 22 heavy (non-hydrogen) atoms. The Kier molecular flexibility index (Phi) is 4.21. The van der Waals surface area contributed by atoms with Crippen molar-refractivity contribution in [3.05, 3.63) is 85.0 Å². The lowest BCUT2D eigenvalue weighted by Gasteiger charge is -2.20. The number of hydrogen-bond donors (Lipinski definition) is 0. The molecule has 1 heterocycles. The number of fused-ring (bicyclic) bond motifs is 2. The van der Waals surface area contributed by atoms with Crippen LogP contribution in [0.2, 0.25) is 0 Å². The standard InChI is InChI=1S/C19H13I2S/c20-15-6-8-18-13(11-15)10-14-12-16(21)7-9-19(14)22(18)17-4-2-1-3-5-17/h1-9,11-12H,10H2/q+1. The van der Waals surface area contributed by atoms with E-state index in [9.17, 15) is 0 Å². The molecule has 0 bridgehead atoms. The highest BCUT2D eigenvalue weighted by molar-refractivity contribution is 14.1. The summed E-state index contributed by atoms with van der Waals surface area (Å²) in [5.41, 5.74) is 2.96. The Hall–Kier alpha value is -0.530. The molecule has 0 aliphatic carbocycles. The van der Waals surface area contributed by atoms with E-state index in [1.54, 1.807) is 0 Å². The van der Waals surface area contributed by atoms with Gasteiger partial charge in [-0.15, -0.1) is 0 Å².